The molecule has 0 fully saturated rings. The van der Waals surface area contributed by atoms with Crippen LogP contribution in [0.15, 0.2) is 127 Å². The zero-order chi connectivity index (χ0) is 24.3. The Hall–Kier alpha value is -4.82. The van der Waals surface area contributed by atoms with E-state index in [0.29, 0.717) is 0 Å². The highest BCUT2D eigenvalue weighted by Crippen LogP contribution is 2.53. The summed E-state index contributed by atoms with van der Waals surface area (Å²) < 4.78 is 2.52. The van der Waals surface area contributed by atoms with Crippen LogP contribution < -0.4 is 5.32 Å². The molecule has 0 bridgehead atoms. The van der Waals surface area contributed by atoms with Crippen LogP contribution in [0.1, 0.15) is 17.3 Å². The lowest BCUT2D eigenvalue weighted by molar-refractivity contribution is 0.700. The van der Waals surface area contributed by atoms with Crippen molar-refractivity contribution in [3.8, 4) is 33.6 Å². The summed E-state index contributed by atoms with van der Waals surface area (Å²) in [6.07, 6.45) is 2.37. The van der Waals surface area contributed by atoms with Gasteiger partial charge in [-0.3, -0.25) is 0 Å². The van der Waals surface area contributed by atoms with Crippen LogP contribution in [0.3, 0.4) is 0 Å². The minimum atomic E-state index is -0.0177. The first kappa shape index (κ1) is 20.4. The Morgan fingerprint density at radius 1 is 0.595 bits per heavy atom. The fourth-order valence-electron chi connectivity index (χ4n) is 6.16. The average Bonchev–Trinajstić information content (AvgIpc) is 3.38. The average molecular weight is 473 g/mol. The molecule has 6 aromatic rings. The van der Waals surface area contributed by atoms with Crippen molar-refractivity contribution in [3.05, 3.63) is 139 Å². The van der Waals surface area contributed by atoms with Crippen molar-refractivity contribution in [2.45, 2.75) is 6.17 Å². The van der Waals surface area contributed by atoms with E-state index in [1.54, 1.807) is 0 Å². The molecule has 0 saturated carbocycles. The summed E-state index contributed by atoms with van der Waals surface area (Å²) in [5.74, 6) is 0. The number of anilines is 1. The Balaban J connectivity index is 1.54. The minimum absolute atomic E-state index is 0.0177. The van der Waals surface area contributed by atoms with Gasteiger partial charge >= 0.3 is 0 Å². The normalized spacial score (nSPS) is 15.1. The molecule has 1 aromatic heterocycles. The van der Waals surface area contributed by atoms with Crippen molar-refractivity contribution in [1.82, 2.24) is 4.57 Å². The van der Waals surface area contributed by atoms with E-state index in [-0.39, 0.29) is 6.17 Å². The third-order valence-electron chi connectivity index (χ3n) is 7.78. The van der Waals surface area contributed by atoms with E-state index in [4.69, 9.17) is 0 Å². The summed E-state index contributed by atoms with van der Waals surface area (Å²) in [5.41, 5.74) is 12.5. The molecule has 0 aliphatic carbocycles. The summed E-state index contributed by atoms with van der Waals surface area (Å²) >= 11 is 0. The maximum Gasteiger partial charge on any atom is 0.131 e. The molecule has 174 valence electrons. The molecular formula is C35H24N2. The van der Waals surface area contributed by atoms with E-state index in [0.717, 1.165) is 0 Å². The Kier molecular flexibility index (Phi) is 4.32. The molecular weight excluding hydrogens is 448 g/mol. The Labute approximate surface area is 216 Å². The summed E-state index contributed by atoms with van der Waals surface area (Å²) in [5, 5.41) is 6.49. The number of fused-ring (bicyclic) bond motifs is 9. The zero-order valence-corrected chi connectivity index (χ0v) is 20.2. The zero-order valence-electron chi connectivity index (χ0n) is 20.2. The maximum atomic E-state index is 3.93. The molecule has 0 radical (unpaired) electrons. The van der Waals surface area contributed by atoms with E-state index in [1.807, 2.05) is 0 Å². The summed E-state index contributed by atoms with van der Waals surface area (Å²) in [4.78, 5) is 0. The number of hydrogen-bond acceptors (Lipinski definition) is 1. The molecule has 0 spiro atoms. The van der Waals surface area contributed by atoms with Gasteiger partial charge in [-0.05, 0) is 51.2 Å². The molecule has 0 saturated heterocycles. The van der Waals surface area contributed by atoms with Gasteiger partial charge in [0.25, 0.3) is 0 Å². The van der Waals surface area contributed by atoms with E-state index >= 15 is 0 Å². The van der Waals surface area contributed by atoms with Crippen LogP contribution in [0.5, 0.6) is 0 Å². The standard InChI is InChI=1S/C35H24N2/c1-3-11-23(12-4-1)29-22-32(25-14-5-2-6-15-25)37-34(29)28-20-19-24-13-7-9-17-27(24)33(28)30-21-26-16-8-10-18-31(26)36-35(30)37/h1-22,35-36H. The van der Waals surface area contributed by atoms with Gasteiger partial charge in [0.1, 0.15) is 6.17 Å². The second kappa shape index (κ2) is 7.84. The van der Waals surface area contributed by atoms with Crippen molar-refractivity contribution in [2.24, 2.45) is 0 Å². The van der Waals surface area contributed by atoms with E-state index in [9.17, 15) is 0 Å². The molecule has 5 aromatic carbocycles. The minimum Gasteiger partial charge on any atom is -0.361 e. The van der Waals surface area contributed by atoms with Gasteiger partial charge < -0.3 is 9.88 Å². The number of nitrogens with one attached hydrogen (secondary N) is 1. The predicted molar refractivity (Wildman–Crippen MR) is 155 cm³/mol. The van der Waals surface area contributed by atoms with Crippen LogP contribution in [-0.2, 0) is 0 Å². The molecule has 3 heterocycles. The molecule has 1 N–H and O–H groups in total. The smallest absolute Gasteiger partial charge is 0.131 e. The van der Waals surface area contributed by atoms with Crippen molar-refractivity contribution >= 4 is 28.1 Å². The van der Waals surface area contributed by atoms with E-state index < -0.39 is 0 Å². The van der Waals surface area contributed by atoms with Gasteiger partial charge in [-0.25, -0.2) is 0 Å². The molecule has 0 amide bonds. The lowest BCUT2D eigenvalue weighted by atomic mass is 9.83. The lowest BCUT2D eigenvalue weighted by Gasteiger charge is -2.38. The van der Waals surface area contributed by atoms with Gasteiger partial charge in [-0.2, -0.15) is 0 Å². The first-order valence-corrected chi connectivity index (χ1v) is 12.8. The maximum absolute atomic E-state index is 3.93. The third kappa shape index (κ3) is 2.99. The number of rotatable bonds is 2. The van der Waals surface area contributed by atoms with Gasteiger partial charge in [0.05, 0.1) is 11.4 Å². The molecule has 1 atom stereocenters. The third-order valence-corrected chi connectivity index (χ3v) is 7.78. The molecule has 8 rings (SSSR count). The van der Waals surface area contributed by atoms with Crippen LogP contribution >= 0.6 is 0 Å². The Morgan fingerprint density at radius 2 is 1.30 bits per heavy atom. The van der Waals surface area contributed by atoms with Crippen molar-refractivity contribution in [2.75, 3.05) is 5.32 Å². The number of benzene rings is 5. The van der Waals surface area contributed by atoms with Crippen LogP contribution in [0.25, 0.3) is 56.1 Å². The van der Waals surface area contributed by atoms with Crippen LogP contribution in [0.2, 0.25) is 0 Å². The second-order valence-corrected chi connectivity index (χ2v) is 9.84. The topological polar surface area (TPSA) is 17.0 Å². The number of aromatic nitrogens is 1. The van der Waals surface area contributed by atoms with Crippen molar-refractivity contribution in [1.29, 1.82) is 0 Å². The van der Waals surface area contributed by atoms with Crippen LogP contribution in [-0.4, -0.2) is 4.57 Å². The molecule has 2 heteroatoms. The first-order valence-electron chi connectivity index (χ1n) is 12.8. The molecule has 37 heavy (non-hydrogen) atoms. The monoisotopic (exact) mass is 472 g/mol. The van der Waals surface area contributed by atoms with Gasteiger partial charge in [0.2, 0.25) is 0 Å². The summed E-state index contributed by atoms with van der Waals surface area (Å²) in [6, 6.07) is 45.9. The highest BCUT2D eigenvalue weighted by atomic mass is 15.2. The predicted octanol–water partition coefficient (Wildman–Crippen LogP) is 9.12. The second-order valence-electron chi connectivity index (χ2n) is 9.84. The summed E-state index contributed by atoms with van der Waals surface area (Å²) in [6.45, 7) is 0. The highest BCUT2D eigenvalue weighted by molar-refractivity contribution is 6.10. The van der Waals surface area contributed by atoms with Gasteiger partial charge in [-0.15, -0.1) is 0 Å². The fraction of sp³-hybridized carbons (Fsp3) is 0.0286. The van der Waals surface area contributed by atoms with Crippen molar-refractivity contribution < 1.29 is 0 Å². The quantitative estimate of drug-likeness (QED) is 0.266. The Bertz CT molecular complexity index is 1840. The first-order chi connectivity index (χ1) is 18.4. The number of para-hydroxylation sites is 1. The van der Waals surface area contributed by atoms with Gasteiger partial charge in [0, 0.05) is 22.4 Å². The van der Waals surface area contributed by atoms with Gasteiger partial charge in [0.15, 0.2) is 0 Å². The lowest BCUT2D eigenvalue weighted by Crippen LogP contribution is -2.27. The largest absolute Gasteiger partial charge is 0.361 e. The van der Waals surface area contributed by atoms with Gasteiger partial charge in [-0.1, -0.05) is 115 Å². The highest BCUT2D eigenvalue weighted by Gasteiger charge is 2.36. The molecule has 2 aliphatic rings. The van der Waals surface area contributed by atoms with Crippen LogP contribution in [0.4, 0.5) is 5.69 Å². The fourth-order valence-corrected chi connectivity index (χ4v) is 6.16. The number of hydrogen-bond donors (Lipinski definition) is 1. The molecule has 2 aliphatic heterocycles. The van der Waals surface area contributed by atoms with E-state index in [2.05, 4.69) is 143 Å². The molecule has 2 nitrogen and oxygen atoms in total. The SMILES string of the molecule is C1=C2c3c(ccc4ccccc34)-c3c(-c4ccccc4)cc(-c4ccccc4)n3C2Nc2ccccc21. The van der Waals surface area contributed by atoms with Crippen molar-refractivity contribution in [3.63, 3.8) is 0 Å². The summed E-state index contributed by atoms with van der Waals surface area (Å²) in [7, 11) is 0. The van der Waals surface area contributed by atoms with E-state index in [1.165, 1.54) is 66.8 Å². The number of nitrogens with zero attached hydrogens (tertiary/aromatic N) is 1. The molecule has 1 unspecified atom stereocenters. The Morgan fingerprint density at radius 3 is 2.14 bits per heavy atom. The van der Waals surface area contributed by atoms with Crippen LogP contribution in [0, 0.1) is 0 Å².